The molecule has 1 aromatic carbocycles. The summed E-state index contributed by atoms with van der Waals surface area (Å²) in [5.41, 5.74) is 8.40. The van der Waals surface area contributed by atoms with Crippen molar-refractivity contribution in [1.29, 1.82) is 0 Å². The number of benzene rings is 1. The molecule has 1 heterocycles. The van der Waals surface area contributed by atoms with Gasteiger partial charge in [-0.2, -0.15) is 0 Å². The molecule has 0 saturated heterocycles. The van der Waals surface area contributed by atoms with E-state index in [4.69, 9.17) is 5.73 Å². The van der Waals surface area contributed by atoms with E-state index in [1.807, 2.05) is 6.07 Å². The maximum atomic E-state index is 5.85. The van der Waals surface area contributed by atoms with Crippen LogP contribution in [0.2, 0.25) is 0 Å². The van der Waals surface area contributed by atoms with Gasteiger partial charge in [0.25, 0.3) is 0 Å². The number of nitrogens with zero attached hydrogens (tertiary/aromatic N) is 2. The Bertz CT molecular complexity index is 465. The summed E-state index contributed by atoms with van der Waals surface area (Å²) in [6.07, 6.45) is 5.81. The van der Waals surface area contributed by atoms with Crippen LogP contribution in [0.1, 0.15) is 36.2 Å². The van der Waals surface area contributed by atoms with Crippen molar-refractivity contribution in [2.75, 3.05) is 6.54 Å². The summed E-state index contributed by atoms with van der Waals surface area (Å²) in [6.45, 7) is 2.71. The van der Waals surface area contributed by atoms with E-state index in [9.17, 15) is 0 Å². The molecule has 1 aromatic heterocycles. The van der Waals surface area contributed by atoms with E-state index in [0.717, 1.165) is 12.2 Å². The van der Waals surface area contributed by atoms with Crippen LogP contribution in [0.15, 0.2) is 42.7 Å². The quantitative estimate of drug-likeness (QED) is 0.875. The molecule has 2 rings (SSSR count). The lowest BCUT2D eigenvalue weighted by atomic mass is 9.96. The fourth-order valence-electron chi connectivity index (χ4n) is 2.09. The van der Waals surface area contributed by atoms with Crippen molar-refractivity contribution in [3.63, 3.8) is 0 Å². The third-order valence-electron chi connectivity index (χ3n) is 3.05. The van der Waals surface area contributed by atoms with Crippen LogP contribution in [0, 0.1) is 0 Å². The second kappa shape index (κ2) is 6.26. The third-order valence-corrected chi connectivity index (χ3v) is 3.05. The van der Waals surface area contributed by atoms with Gasteiger partial charge in [0.15, 0.2) is 0 Å². The van der Waals surface area contributed by atoms with Crippen molar-refractivity contribution < 1.29 is 0 Å². The van der Waals surface area contributed by atoms with Crippen molar-refractivity contribution in [1.82, 2.24) is 9.97 Å². The Hall–Kier alpha value is -1.74. The molecule has 1 atom stereocenters. The van der Waals surface area contributed by atoms with Gasteiger partial charge in [0.2, 0.25) is 0 Å². The molecular weight excluding hydrogens is 222 g/mol. The van der Waals surface area contributed by atoms with Crippen molar-refractivity contribution in [2.45, 2.75) is 25.7 Å². The number of hydrogen-bond acceptors (Lipinski definition) is 3. The Labute approximate surface area is 108 Å². The number of aromatic nitrogens is 2. The van der Waals surface area contributed by atoms with Crippen LogP contribution in [0.4, 0.5) is 0 Å². The highest BCUT2D eigenvalue weighted by molar-refractivity contribution is 5.29. The van der Waals surface area contributed by atoms with Gasteiger partial charge in [-0.05, 0) is 23.6 Å². The molecule has 3 heteroatoms. The standard InChI is InChI=1S/C15H19N3/c1-2-4-12-5-7-13(8-6-12)14(11-16)15-17-9-3-10-18-15/h3,5-10,14H,2,4,11,16H2,1H3. The van der Waals surface area contributed by atoms with Crippen molar-refractivity contribution in [3.05, 3.63) is 59.7 Å². The van der Waals surface area contributed by atoms with Crippen LogP contribution in [-0.4, -0.2) is 16.5 Å². The molecule has 2 N–H and O–H groups in total. The molecular formula is C15H19N3. The van der Waals surface area contributed by atoms with E-state index in [1.54, 1.807) is 12.4 Å². The van der Waals surface area contributed by atoms with Crippen LogP contribution in [0.3, 0.4) is 0 Å². The van der Waals surface area contributed by atoms with Crippen molar-refractivity contribution in [3.8, 4) is 0 Å². The van der Waals surface area contributed by atoms with Crippen molar-refractivity contribution >= 4 is 0 Å². The van der Waals surface area contributed by atoms with E-state index < -0.39 is 0 Å². The molecule has 18 heavy (non-hydrogen) atoms. The third kappa shape index (κ3) is 2.93. The second-order valence-electron chi connectivity index (χ2n) is 4.39. The normalized spacial score (nSPS) is 12.3. The smallest absolute Gasteiger partial charge is 0.136 e. The van der Waals surface area contributed by atoms with E-state index in [-0.39, 0.29) is 5.92 Å². The molecule has 0 amide bonds. The maximum Gasteiger partial charge on any atom is 0.136 e. The Kier molecular flexibility index (Phi) is 4.42. The molecule has 3 nitrogen and oxygen atoms in total. The minimum atomic E-state index is 0.0851. The molecule has 0 aliphatic carbocycles. The van der Waals surface area contributed by atoms with Crippen LogP contribution in [0.25, 0.3) is 0 Å². The number of aryl methyl sites for hydroxylation is 1. The van der Waals surface area contributed by atoms with Gasteiger partial charge in [-0.15, -0.1) is 0 Å². The van der Waals surface area contributed by atoms with Crippen LogP contribution in [0.5, 0.6) is 0 Å². The lowest BCUT2D eigenvalue weighted by molar-refractivity contribution is 0.748. The summed E-state index contributed by atoms with van der Waals surface area (Å²) < 4.78 is 0. The average molecular weight is 241 g/mol. The van der Waals surface area contributed by atoms with Gasteiger partial charge in [0.1, 0.15) is 5.82 Å². The topological polar surface area (TPSA) is 51.8 Å². The average Bonchev–Trinajstić information content (AvgIpc) is 2.43. The van der Waals surface area contributed by atoms with Gasteiger partial charge in [0, 0.05) is 18.9 Å². The SMILES string of the molecule is CCCc1ccc(C(CN)c2ncccn2)cc1. The van der Waals surface area contributed by atoms with Crippen LogP contribution in [-0.2, 0) is 6.42 Å². The van der Waals surface area contributed by atoms with Gasteiger partial charge in [-0.25, -0.2) is 9.97 Å². The highest BCUT2D eigenvalue weighted by Crippen LogP contribution is 2.20. The minimum Gasteiger partial charge on any atom is -0.329 e. The zero-order chi connectivity index (χ0) is 12.8. The van der Waals surface area contributed by atoms with Gasteiger partial charge >= 0.3 is 0 Å². The Morgan fingerprint density at radius 1 is 1.11 bits per heavy atom. The lowest BCUT2D eigenvalue weighted by Crippen LogP contribution is -2.16. The first-order chi connectivity index (χ1) is 8.85. The van der Waals surface area contributed by atoms with E-state index >= 15 is 0 Å². The summed E-state index contributed by atoms with van der Waals surface area (Å²) in [5.74, 6) is 0.880. The second-order valence-corrected chi connectivity index (χ2v) is 4.39. The molecule has 0 aliphatic rings. The Balaban J connectivity index is 2.23. The largest absolute Gasteiger partial charge is 0.329 e. The predicted molar refractivity (Wildman–Crippen MR) is 73.4 cm³/mol. The van der Waals surface area contributed by atoms with Gasteiger partial charge < -0.3 is 5.73 Å². The summed E-state index contributed by atoms with van der Waals surface area (Å²) in [4.78, 5) is 8.59. The number of nitrogens with two attached hydrogens (primary N) is 1. The molecule has 0 radical (unpaired) electrons. The van der Waals surface area contributed by atoms with Gasteiger partial charge in [-0.3, -0.25) is 0 Å². The van der Waals surface area contributed by atoms with Crippen LogP contribution < -0.4 is 5.73 Å². The fourth-order valence-corrected chi connectivity index (χ4v) is 2.09. The lowest BCUT2D eigenvalue weighted by Gasteiger charge is -2.14. The van der Waals surface area contributed by atoms with Gasteiger partial charge in [-0.1, -0.05) is 37.6 Å². The fraction of sp³-hybridized carbons (Fsp3) is 0.333. The Morgan fingerprint density at radius 2 is 1.78 bits per heavy atom. The molecule has 0 aliphatic heterocycles. The Morgan fingerprint density at radius 3 is 2.33 bits per heavy atom. The molecule has 0 fully saturated rings. The zero-order valence-corrected chi connectivity index (χ0v) is 10.7. The summed E-state index contributed by atoms with van der Waals surface area (Å²) in [7, 11) is 0. The molecule has 0 spiro atoms. The molecule has 0 bridgehead atoms. The van der Waals surface area contributed by atoms with Crippen LogP contribution >= 0.6 is 0 Å². The molecule has 2 aromatic rings. The first kappa shape index (κ1) is 12.7. The van der Waals surface area contributed by atoms with E-state index in [1.165, 1.54) is 17.5 Å². The monoisotopic (exact) mass is 241 g/mol. The highest BCUT2D eigenvalue weighted by Gasteiger charge is 2.14. The number of rotatable bonds is 5. The van der Waals surface area contributed by atoms with Crippen molar-refractivity contribution in [2.24, 2.45) is 5.73 Å². The summed E-state index contributed by atoms with van der Waals surface area (Å²) >= 11 is 0. The molecule has 94 valence electrons. The number of hydrogen-bond donors (Lipinski definition) is 1. The van der Waals surface area contributed by atoms with E-state index in [2.05, 4.69) is 41.2 Å². The van der Waals surface area contributed by atoms with Gasteiger partial charge in [0.05, 0.1) is 5.92 Å². The van der Waals surface area contributed by atoms with E-state index in [0.29, 0.717) is 6.54 Å². The minimum absolute atomic E-state index is 0.0851. The highest BCUT2D eigenvalue weighted by atomic mass is 14.9. The maximum absolute atomic E-state index is 5.85. The first-order valence-electron chi connectivity index (χ1n) is 6.41. The first-order valence-corrected chi connectivity index (χ1v) is 6.41. The molecule has 1 unspecified atom stereocenters. The predicted octanol–water partition coefficient (Wildman–Crippen LogP) is 2.52. The summed E-state index contributed by atoms with van der Waals surface area (Å²) in [6, 6.07) is 10.4. The molecule has 0 saturated carbocycles. The summed E-state index contributed by atoms with van der Waals surface area (Å²) in [5, 5.41) is 0. The zero-order valence-electron chi connectivity index (χ0n) is 10.7.